The van der Waals surface area contributed by atoms with Crippen LogP contribution in [0.5, 0.6) is 5.75 Å². The van der Waals surface area contributed by atoms with Crippen LogP contribution in [-0.2, 0) is 14.3 Å². The molecule has 0 spiro atoms. The molecule has 3 saturated carbocycles. The number of hydrogen-bond donors (Lipinski definition) is 3. The lowest BCUT2D eigenvalue weighted by Crippen LogP contribution is -2.84. The molecule has 30 heavy (non-hydrogen) atoms. The summed E-state index contributed by atoms with van der Waals surface area (Å²) in [7, 11) is 1.69. The van der Waals surface area contributed by atoms with Gasteiger partial charge in [0.05, 0.1) is 22.6 Å². The minimum atomic E-state index is -0.214. The van der Waals surface area contributed by atoms with E-state index in [0.29, 0.717) is 34.9 Å². The first kappa shape index (κ1) is 21.7. The summed E-state index contributed by atoms with van der Waals surface area (Å²) in [5.74, 6) is 0.756. The maximum Gasteiger partial charge on any atom is 0.258 e. The molecule has 2 bridgehead atoms. The standard InChI is InChI=1S/C21H27Cl2N3O4/c1-29-8-13-4-14(7-24-6-13)19(28)26-21-10-20(11-21,12-21)25-18(27)9-30-15-2-3-16(22)17(23)5-15/h2-3,5,13-14,24H,4,6-12H2,1H3,(H,25,27)(H,26,28). The van der Waals surface area contributed by atoms with Gasteiger partial charge in [-0.15, -0.1) is 0 Å². The minimum absolute atomic E-state index is 0.0296. The van der Waals surface area contributed by atoms with E-state index in [4.69, 9.17) is 32.7 Å². The molecule has 0 radical (unpaired) electrons. The van der Waals surface area contributed by atoms with E-state index in [2.05, 4.69) is 16.0 Å². The Morgan fingerprint density at radius 3 is 2.57 bits per heavy atom. The quantitative estimate of drug-likeness (QED) is 0.558. The lowest BCUT2D eigenvalue weighted by molar-refractivity contribution is -0.153. The van der Waals surface area contributed by atoms with Crippen molar-refractivity contribution in [2.24, 2.45) is 11.8 Å². The highest BCUT2D eigenvalue weighted by atomic mass is 35.5. The number of benzene rings is 1. The molecule has 1 saturated heterocycles. The van der Waals surface area contributed by atoms with Gasteiger partial charge in [0.25, 0.3) is 5.91 Å². The van der Waals surface area contributed by atoms with Gasteiger partial charge in [0, 0.05) is 37.3 Å². The highest BCUT2D eigenvalue weighted by molar-refractivity contribution is 6.42. The van der Waals surface area contributed by atoms with E-state index >= 15 is 0 Å². The number of amides is 2. The molecule has 3 aliphatic carbocycles. The molecule has 7 nitrogen and oxygen atoms in total. The fourth-order valence-electron chi connectivity index (χ4n) is 5.06. The van der Waals surface area contributed by atoms with Crippen molar-refractivity contribution in [2.75, 3.05) is 33.4 Å². The Morgan fingerprint density at radius 2 is 1.87 bits per heavy atom. The fraction of sp³-hybridized carbons (Fsp3) is 0.619. The van der Waals surface area contributed by atoms with Crippen LogP contribution in [0.25, 0.3) is 0 Å². The highest BCUT2D eigenvalue weighted by Crippen LogP contribution is 2.60. The number of halogens is 2. The first-order valence-electron chi connectivity index (χ1n) is 10.2. The van der Waals surface area contributed by atoms with E-state index < -0.39 is 0 Å². The van der Waals surface area contributed by atoms with Gasteiger partial charge in [-0.05, 0) is 43.7 Å². The molecule has 1 heterocycles. The third-order valence-corrected chi connectivity index (χ3v) is 7.04. The molecule has 4 fully saturated rings. The van der Waals surface area contributed by atoms with E-state index in [1.54, 1.807) is 25.3 Å². The summed E-state index contributed by atoms with van der Waals surface area (Å²) in [6, 6.07) is 4.88. The molecule has 1 aromatic carbocycles. The number of rotatable bonds is 8. The van der Waals surface area contributed by atoms with Crippen molar-refractivity contribution < 1.29 is 19.1 Å². The van der Waals surface area contributed by atoms with E-state index in [-0.39, 0.29) is 35.4 Å². The number of carbonyl (C=O) groups is 2. The van der Waals surface area contributed by atoms with Crippen molar-refractivity contribution in [1.82, 2.24) is 16.0 Å². The number of methoxy groups -OCH3 is 1. The van der Waals surface area contributed by atoms with Crippen LogP contribution >= 0.6 is 23.2 Å². The van der Waals surface area contributed by atoms with Crippen LogP contribution in [0.15, 0.2) is 18.2 Å². The van der Waals surface area contributed by atoms with Crippen molar-refractivity contribution in [3.8, 4) is 5.75 Å². The second kappa shape index (κ2) is 8.54. The molecule has 5 rings (SSSR count). The molecule has 2 amide bonds. The summed E-state index contributed by atoms with van der Waals surface area (Å²) in [5.41, 5.74) is -0.377. The van der Waals surface area contributed by atoms with Crippen LogP contribution in [0.1, 0.15) is 25.7 Å². The SMILES string of the molecule is COCC1CNCC(C(=O)NC23CC(NC(=O)COc4ccc(Cl)c(Cl)c4)(C2)C3)C1. The Labute approximate surface area is 186 Å². The Kier molecular flexibility index (Phi) is 6.17. The largest absolute Gasteiger partial charge is 0.484 e. The summed E-state index contributed by atoms with van der Waals surface area (Å²) >= 11 is 11.8. The summed E-state index contributed by atoms with van der Waals surface area (Å²) in [6.07, 6.45) is 3.15. The number of ether oxygens (including phenoxy) is 2. The molecule has 164 valence electrons. The molecule has 1 aromatic rings. The Morgan fingerprint density at radius 1 is 1.13 bits per heavy atom. The van der Waals surface area contributed by atoms with Crippen molar-refractivity contribution in [3.05, 3.63) is 28.2 Å². The number of nitrogens with one attached hydrogen (secondary N) is 3. The summed E-state index contributed by atoms with van der Waals surface area (Å²) in [4.78, 5) is 25.0. The van der Waals surface area contributed by atoms with E-state index in [9.17, 15) is 9.59 Å². The van der Waals surface area contributed by atoms with Crippen LogP contribution in [0.2, 0.25) is 10.0 Å². The van der Waals surface area contributed by atoms with Crippen LogP contribution in [0, 0.1) is 11.8 Å². The molecular formula is C21H27Cl2N3O4. The normalized spacial score (nSPS) is 31.8. The zero-order chi connectivity index (χ0) is 21.4. The molecule has 9 heteroatoms. The zero-order valence-corrected chi connectivity index (χ0v) is 18.4. The van der Waals surface area contributed by atoms with E-state index in [1.807, 2.05) is 0 Å². The average Bonchev–Trinajstić information content (AvgIpc) is 2.66. The molecular weight excluding hydrogens is 429 g/mol. The Hall–Kier alpha value is -1.54. The van der Waals surface area contributed by atoms with Gasteiger partial charge in [-0.2, -0.15) is 0 Å². The van der Waals surface area contributed by atoms with Gasteiger partial charge in [0.15, 0.2) is 6.61 Å². The van der Waals surface area contributed by atoms with Gasteiger partial charge < -0.3 is 25.4 Å². The monoisotopic (exact) mass is 455 g/mol. The van der Waals surface area contributed by atoms with Crippen LogP contribution < -0.4 is 20.7 Å². The van der Waals surface area contributed by atoms with E-state index in [0.717, 1.165) is 32.2 Å². The van der Waals surface area contributed by atoms with Gasteiger partial charge in [-0.3, -0.25) is 9.59 Å². The first-order valence-corrected chi connectivity index (χ1v) is 11.0. The summed E-state index contributed by atoms with van der Waals surface area (Å²) < 4.78 is 10.7. The van der Waals surface area contributed by atoms with Crippen molar-refractivity contribution >= 4 is 35.0 Å². The summed E-state index contributed by atoms with van der Waals surface area (Å²) in [5, 5.41) is 10.4. The third-order valence-electron chi connectivity index (χ3n) is 6.30. The third kappa shape index (κ3) is 4.54. The van der Waals surface area contributed by atoms with Crippen molar-refractivity contribution in [2.45, 2.75) is 36.8 Å². The van der Waals surface area contributed by atoms with Gasteiger partial charge in [0.2, 0.25) is 5.91 Å². The maximum atomic E-state index is 12.7. The fourth-order valence-corrected chi connectivity index (χ4v) is 5.35. The molecule has 0 aromatic heterocycles. The zero-order valence-electron chi connectivity index (χ0n) is 16.9. The second-order valence-electron chi connectivity index (χ2n) is 8.91. The molecule has 2 atom stereocenters. The van der Waals surface area contributed by atoms with E-state index in [1.165, 1.54) is 0 Å². The predicted molar refractivity (Wildman–Crippen MR) is 114 cm³/mol. The molecule has 2 unspecified atom stereocenters. The van der Waals surface area contributed by atoms with Gasteiger partial charge >= 0.3 is 0 Å². The first-order chi connectivity index (χ1) is 14.3. The van der Waals surface area contributed by atoms with Gasteiger partial charge in [-0.25, -0.2) is 0 Å². The number of piperidine rings is 1. The lowest BCUT2D eigenvalue weighted by Gasteiger charge is -2.70. The average molecular weight is 456 g/mol. The van der Waals surface area contributed by atoms with Crippen molar-refractivity contribution in [3.63, 3.8) is 0 Å². The molecule has 3 N–H and O–H groups in total. The molecule has 1 aliphatic heterocycles. The Bertz CT molecular complexity index is 813. The van der Waals surface area contributed by atoms with Gasteiger partial charge in [0.1, 0.15) is 5.75 Å². The topological polar surface area (TPSA) is 88.7 Å². The van der Waals surface area contributed by atoms with Crippen LogP contribution in [0.3, 0.4) is 0 Å². The smallest absolute Gasteiger partial charge is 0.258 e. The number of hydrogen-bond acceptors (Lipinski definition) is 5. The maximum absolute atomic E-state index is 12.7. The minimum Gasteiger partial charge on any atom is -0.484 e. The van der Waals surface area contributed by atoms with Gasteiger partial charge in [-0.1, -0.05) is 23.2 Å². The Balaban J connectivity index is 1.19. The number of carbonyl (C=O) groups excluding carboxylic acids is 2. The highest BCUT2D eigenvalue weighted by Gasteiger charge is 2.69. The summed E-state index contributed by atoms with van der Waals surface area (Å²) in [6.45, 7) is 2.17. The van der Waals surface area contributed by atoms with Crippen LogP contribution in [-0.4, -0.2) is 56.3 Å². The second-order valence-corrected chi connectivity index (χ2v) is 9.72. The molecule has 4 aliphatic rings. The van der Waals surface area contributed by atoms with Crippen molar-refractivity contribution in [1.29, 1.82) is 0 Å². The lowest BCUT2D eigenvalue weighted by atomic mass is 9.44. The predicted octanol–water partition coefficient (Wildman–Crippen LogP) is 2.15. The van der Waals surface area contributed by atoms with Crippen LogP contribution in [0.4, 0.5) is 0 Å².